The Bertz CT molecular complexity index is 470. The van der Waals surface area contributed by atoms with Crippen molar-refractivity contribution in [3.63, 3.8) is 0 Å². The first-order valence-corrected chi connectivity index (χ1v) is 5.09. The molecule has 1 aromatic carbocycles. The van der Waals surface area contributed by atoms with Crippen molar-refractivity contribution in [3.05, 3.63) is 33.6 Å². The number of hydrogen-bond acceptors (Lipinski definition) is 3. The van der Waals surface area contributed by atoms with Gasteiger partial charge in [-0.15, -0.1) is 10.2 Å². The van der Waals surface area contributed by atoms with Crippen LogP contribution in [0.4, 0.5) is 0 Å². The molecule has 2 rings (SSSR count). The van der Waals surface area contributed by atoms with Gasteiger partial charge < -0.3 is 4.42 Å². The Labute approximate surface area is 94.2 Å². The number of aryl methyl sites for hydroxylation is 1. The number of aromatic nitrogens is 2. The topological polar surface area (TPSA) is 38.9 Å². The molecule has 0 atom stereocenters. The second-order valence-electron chi connectivity index (χ2n) is 2.82. The summed E-state index contributed by atoms with van der Waals surface area (Å²) in [6, 6.07) is 5.51. The molecule has 1 aromatic heterocycles. The van der Waals surface area contributed by atoms with Gasteiger partial charge in [0.1, 0.15) is 0 Å². The van der Waals surface area contributed by atoms with Gasteiger partial charge in [0.15, 0.2) is 0 Å². The van der Waals surface area contributed by atoms with Crippen LogP contribution in [0, 0.1) is 6.92 Å². The van der Waals surface area contributed by atoms with Crippen LogP contribution in [0.3, 0.4) is 0 Å². The Morgan fingerprint density at radius 1 is 1.36 bits per heavy atom. The van der Waals surface area contributed by atoms with Gasteiger partial charge in [0.05, 0.1) is 0 Å². The quantitative estimate of drug-likeness (QED) is 0.798. The first-order chi connectivity index (χ1) is 6.66. The number of rotatable bonds is 1. The Morgan fingerprint density at radius 3 is 2.71 bits per heavy atom. The average molecular weight is 274 g/mol. The Morgan fingerprint density at radius 2 is 2.14 bits per heavy atom. The van der Waals surface area contributed by atoms with Crippen molar-refractivity contribution in [1.82, 2.24) is 10.2 Å². The third-order valence-corrected chi connectivity index (χ3v) is 2.37. The highest BCUT2D eigenvalue weighted by Crippen LogP contribution is 2.25. The SMILES string of the molecule is Cc1cc(Cl)ccc1-c1nnc(Br)o1. The monoisotopic (exact) mass is 272 g/mol. The number of halogens is 2. The molecule has 0 bridgehead atoms. The zero-order valence-corrected chi connectivity index (χ0v) is 9.63. The lowest BCUT2D eigenvalue weighted by Crippen LogP contribution is -1.83. The minimum Gasteiger partial charge on any atom is -0.411 e. The lowest BCUT2D eigenvalue weighted by molar-refractivity contribution is 0.540. The molecule has 0 spiro atoms. The molecule has 1 heterocycles. The molecule has 0 saturated heterocycles. The molecular formula is C9H6BrClN2O. The van der Waals surface area contributed by atoms with Gasteiger partial charge >= 0.3 is 0 Å². The summed E-state index contributed by atoms with van der Waals surface area (Å²) in [5.41, 5.74) is 1.90. The molecule has 0 aliphatic heterocycles. The molecule has 0 radical (unpaired) electrons. The predicted molar refractivity (Wildman–Crippen MR) is 57.2 cm³/mol. The first-order valence-electron chi connectivity index (χ1n) is 3.92. The van der Waals surface area contributed by atoms with Gasteiger partial charge in [0.25, 0.3) is 4.80 Å². The molecule has 0 aliphatic carbocycles. The van der Waals surface area contributed by atoms with Gasteiger partial charge in [-0.3, -0.25) is 0 Å². The smallest absolute Gasteiger partial charge is 0.285 e. The summed E-state index contributed by atoms with van der Waals surface area (Å²) < 4.78 is 5.24. The fourth-order valence-electron chi connectivity index (χ4n) is 1.18. The van der Waals surface area contributed by atoms with Crippen molar-refractivity contribution in [2.75, 3.05) is 0 Å². The van der Waals surface area contributed by atoms with Crippen LogP contribution in [0.5, 0.6) is 0 Å². The predicted octanol–water partition coefficient (Wildman–Crippen LogP) is 3.46. The van der Waals surface area contributed by atoms with Gasteiger partial charge in [-0.2, -0.15) is 0 Å². The number of nitrogens with zero attached hydrogens (tertiary/aromatic N) is 2. The van der Waals surface area contributed by atoms with Crippen LogP contribution in [0.15, 0.2) is 27.4 Å². The fraction of sp³-hybridized carbons (Fsp3) is 0.111. The minimum atomic E-state index is 0.377. The molecular weight excluding hydrogens is 267 g/mol. The van der Waals surface area contributed by atoms with Crippen LogP contribution in [0.25, 0.3) is 11.5 Å². The maximum absolute atomic E-state index is 5.83. The molecule has 0 fully saturated rings. The van der Waals surface area contributed by atoms with Crippen LogP contribution >= 0.6 is 27.5 Å². The van der Waals surface area contributed by atoms with Gasteiger partial charge in [-0.05, 0) is 30.7 Å². The van der Waals surface area contributed by atoms with Crippen molar-refractivity contribution < 1.29 is 4.42 Å². The molecule has 3 nitrogen and oxygen atoms in total. The molecule has 14 heavy (non-hydrogen) atoms. The van der Waals surface area contributed by atoms with Crippen molar-refractivity contribution in [1.29, 1.82) is 0 Å². The van der Waals surface area contributed by atoms with E-state index in [1.807, 2.05) is 19.1 Å². The molecule has 2 aromatic rings. The van der Waals surface area contributed by atoms with E-state index in [1.54, 1.807) is 6.07 Å². The zero-order chi connectivity index (χ0) is 10.1. The summed E-state index contributed by atoms with van der Waals surface area (Å²) in [4.78, 5) is 0.377. The van der Waals surface area contributed by atoms with Gasteiger partial charge in [-0.1, -0.05) is 11.6 Å². The van der Waals surface area contributed by atoms with Crippen LogP contribution in [0.2, 0.25) is 5.02 Å². The minimum absolute atomic E-state index is 0.377. The van der Waals surface area contributed by atoms with Crippen molar-refractivity contribution in [3.8, 4) is 11.5 Å². The summed E-state index contributed by atoms with van der Waals surface area (Å²) in [7, 11) is 0. The van der Waals surface area contributed by atoms with E-state index in [1.165, 1.54) is 0 Å². The fourth-order valence-corrected chi connectivity index (χ4v) is 1.64. The molecule has 0 N–H and O–H groups in total. The summed E-state index contributed by atoms with van der Waals surface area (Å²) in [6.07, 6.45) is 0. The number of benzene rings is 1. The van der Waals surface area contributed by atoms with Crippen LogP contribution in [0.1, 0.15) is 5.56 Å². The highest BCUT2D eigenvalue weighted by molar-refractivity contribution is 9.10. The molecule has 5 heteroatoms. The van der Waals surface area contributed by atoms with Crippen LogP contribution in [-0.2, 0) is 0 Å². The van der Waals surface area contributed by atoms with E-state index < -0.39 is 0 Å². The van der Waals surface area contributed by atoms with E-state index in [4.69, 9.17) is 16.0 Å². The van der Waals surface area contributed by atoms with E-state index in [0.717, 1.165) is 11.1 Å². The lowest BCUT2D eigenvalue weighted by Gasteiger charge is -2.00. The summed E-state index contributed by atoms with van der Waals surface area (Å²) in [5, 5.41) is 8.29. The highest BCUT2D eigenvalue weighted by Gasteiger charge is 2.09. The lowest BCUT2D eigenvalue weighted by atomic mass is 10.1. The molecule has 0 aliphatic rings. The van der Waals surface area contributed by atoms with E-state index in [-0.39, 0.29) is 0 Å². The van der Waals surface area contributed by atoms with E-state index in [2.05, 4.69) is 26.1 Å². The van der Waals surface area contributed by atoms with E-state index >= 15 is 0 Å². The average Bonchev–Trinajstić information content (AvgIpc) is 2.51. The van der Waals surface area contributed by atoms with Gasteiger partial charge in [0, 0.05) is 26.5 Å². The van der Waals surface area contributed by atoms with E-state index in [9.17, 15) is 0 Å². The standard InChI is InChI=1S/C9H6BrClN2O/c1-5-4-6(11)2-3-7(5)8-12-13-9(10)14-8/h2-4H,1H3. The van der Waals surface area contributed by atoms with Crippen LogP contribution < -0.4 is 0 Å². The normalized spacial score (nSPS) is 10.5. The number of hydrogen-bond donors (Lipinski definition) is 0. The molecule has 0 unspecified atom stereocenters. The summed E-state index contributed by atoms with van der Waals surface area (Å²) in [5.74, 6) is 0.492. The third kappa shape index (κ3) is 1.81. The molecule has 0 amide bonds. The largest absolute Gasteiger partial charge is 0.411 e. The second-order valence-corrected chi connectivity index (χ2v) is 3.93. The van der Waals surface area contributed by atoms with Crippen molar-refractivity contribution in [2.45, 2.75) is 6.92 Å². The highest BCUT2D eigenvalue weighted by atomic mass is 79.9. The van der Waals surface area contributed by atoms with Gasteiger partial charge in [-0.25, -0.2) is 0 Å². The maximum Gasteiger partial charge on any atom is 0.285 e. The zero-order valence-electron chi connectivity index (χ0n) is 7.29. The van der Waals surface area contributed by atoms with Crippen molar-refractivity contribution in [2.24, 2.45) is 0 Å². The Hall–Kier alpha value is -0.870. The summed E-state index contributed by atoms with van der Waals surface area (Å²) in [6.45, 7) is 1.94. The Balaban J connectivity index is 2.52. The van der Waals surface area contributed by atoms with Crippen LogP contribution in [-0.4, -0.2) is 10.2 Å². The molecule has 0 saturated carbocycles. The van der Waals surface area contributed by atoms with Crippen molar-refractivity contribution >= 4 is 27.5 Å². The third-order valence-electron chi connectivity index (χ3n) is 1.82. The maximum atomic E-state index is 5.83. The molecule has 72 valence electrons. The van der Waals surface area contributed by atoms with Gasteiger partial charge in [0.2, 0.25) is 5.89 Å². The summed E-state index contributed by atoms with van der Waals surface area (Å²) >= 11 is 8.94. The van der Waals surface area contributed by atoms with E-state index in [0.29, 0.717) is 15.7 Å². The Kier molecular flexibility index (Phi) is 2.56. The first kappa shape index (κ1) is 9.68. The second kappa shape index (κ2) is 3.71.